The Labute approximate surface area is 146 Å². The third-order valence-corrected chi connectivity index (χ3v) is 5.41. The lowest BCUT2D eigenvalue weighted by atomic mass is 10.2. The van der Waals surface area contributed by atoms with Crippen molar-refractivity contribution in [2.75, 3.05) is 19.7 Å². The van der Waals surface area contributed by atoms with Crippen molar-refractivity contribution in [3.05, 3.63) is 24.3 Å². The molecule has 9 heteroatoms. The van der Waals surface area contributed by atoms with Crippen molar-refractivity contribution in [1.29, 1.82) is 0 Å². The molecule has 0 aliphatic carbocycles. The van der Waals surface area contributed by atoms with Crippen molar-refractivity contribution >= 4 is 21.9 Å². The lowest BCUT2D eigenvalue weighted by Crippen LogP contribution is -2.41. The molecule has 2 N–H and O–H groups in total. The lowest BCUT2D eigenvalue weighted by molar-refractivity contribution is -0.148. The molecule has 1 aromatic carbocycles. The molecule has 0 bridgehead atoms. The van der Waals surface area contributed by atoms with Gasteiger partial charge in [-0.05, 0) is 44.0 Å². The van der Waals surface area contributed by atoms with Crippen molar-refractivity contribution < 1.29 is 27.9 Å². The predicted molar refractivity (Wildman–Crippen MR) is 89.8 cm³/mol. The molecule has 1 saturated heterocycles. The molecule has 1 fully saturated rings. The number of likely N-dealkylation sites (tertiary alicyclic amines) is 1. The molecule has 1 heterocycles. The van der Waals surface area contributed by atoms with Crippen LogP contribution < -0.4 is 9.46 Å². The van der Waals surface area contributed by atoms with E-state index in [0.717, 1.165) is 0 Å². The molecule has 2 rings (SSSR count). The van der Waals surface area contributed by atoms with Gasteiger partial charge in [0.2, 0.25) is 15.9 Å². The molecule has 138 valence electrons. The zero-order valence-corrected chi connectivity index (χ0v) is 14.8. The standard InChI is InChI=1S/C16H22N2O6S/c1-2-24-12-5-7-13(8-6-12)25(22,23)17-10-9-15(19)18-11-3-4-14(18)16(20)21/h5-8,14,17H,2-4,9-11H2,1H3,(H,20,21)/t14-/m1/s1. The number of carbonyl (C=O) groups is 2. The maximum absolute atomic E-state index is 12.2. The summed E-state index contributed by atoms with van der Waals surface area (Å²) < 4.78 is 32.0. The molecule has 1 amide bonds. The number of hydrogen-bond donors (Lipinski definition) is 2. The monoisotopic (exact) mass is 370 g/mol. The van der Waals surface area contributed by atoms with E-state index in [4.69, 9.17) is 9.84 Å². The van der Waals surface area contributed by atoms with Crippen molar-refractivity contribution in [3.8, 4) is 5.75 Å². The number of carboxylic acid groups (broad SMARTS) is 1. The van der Waals surface area contributed by atoms with Gasteiger partial charge in [-0.1, -0.05) is 0 Å². The first-order valence-electron chi connectivity index (χ1n) is 8.10. The minimum atomic E-state index is -3.73. The van der Waals surface area contributed by atoms with Gasteiger partial charge in [0.1, 0.15) is 11.8 Å². The molecule has 0 spiro atoms. The first kappa shape index (κ1) is 19.2. The SMILES string of the molecule is CCOc1ccc(S(=O)(=O)NCCC(=O)N2CCC[C@@H]2C(=O)O)cc1. The second kappa shape index (κ2) is 8.30. The zero-order chi connectivity index (χ0) is 18.4. The van der Waals surface area contributed by atoms with Crippen LogP contribution in [-0.2, 0) is 19.6 Å². The van der Waals surface area contributed by atoms with E-state index in [1.54, 1.807) is 12.1 Å². The summed E-state index contributed by atoms with van der Waals surface area (Å²) in [6.07, 6.45) is 0.986. The quantitative estimate of drug-likeness (QED) is 0.701. The molecule has 8 nitrogen and oxygen atoms in total. The molecule has 0 aromatic heterocycles. The second-order valence-electron chi connectivity index (χ2n) is 5.64. The van der Waals surface area contributed by atoms with E-state index < -0.39 is 22.0 Å². The first-order chi connectivity index (χ1) is 11.8. The summed E-state index contributed by atoms with van der Waals surface area (Å²) in [5.74, 6) is -0.814. The molecule has 1 aliphatic heterocycles. The Hall–Kier alpha value is -2.13. The normalized spacial score (nSPS) is 17.5. The van der Waals surface area contributed by atoms with Gasteiger partial charge in [0, 0.05) is 19.5 Å². The number of aliphatic carboxylic acids is 1. The highest BCUT2D eigenvalue weighted by Gasteiger charge is 2.33. The minimum absolute atomic E-state index is 0.0768. The number of carboxylic acids is 1. The van der Waals surface area contributed by atoms with Crippen molar-refractivity contribution in [1.82, 2.24) is 9.62 Å². The van der Waals surface area contributed by atoms with E-state index in [1.165, 1.54) is 17.0 Å². The number of ether oxygens (including phenoxy) is 1. The molecular weight excluding hydrogens is 348 g/mol. The fourth-order valence-electron chi connectivity index (χ4n) is 2.72. The molecule has 1 aromatic rings. The molecule has 25 heavy (non-hydrogen) atoms. The summed E-state index contributed by atoms with van der Waals surface area (Å²) in [6, 6.07) is 5.16. The molecule has 0 saturated carbocycles. The van der Waals surface area contributed by atoms with Gasteiger partial charge in [-0.25, -0.2) is 17.9 Å². The predicted octanol–water partition coefficient (Wildman–Crippen LogP) is 0.829. The Balaban J connectivity index is 1.89. The van der Waals surface area contributed by atoms with Crippen molar-refractivity contribution in [2.45, 2.75) is 37.1 Å². The van der Waals surface area contributed by atoms with Crippen LogP contribution in [-0.4, -0.2) is 56.0 Å². The number of nitrogens with zero attached hydrogens (tertiary/aromatic N) is 1. The van der Waals surface area contributed by atoms with Crippen LogP contribution in [0.5, 0.6) is 5.75 Å². The molecule has 0 radical (unpaired) electrons. The van der Waals surface area contributed by atoms with Gasteiger partial charge in [0.25, 0.3) is 0 Å². The number of amides is 1. The second-order valence-corrected chi connectivity index (χ2v) is 7.40. The average molecular weight is 370 g/mol. The van der Waals surface area contributed by atoms with Gasteiger partial charge in [0.15, 0.2) is 0 Å². The van der Waals surface area contributed by atoms with Crippen LogP contribution in [0.2, 0.25) is 0 Å². The van der Waals surface area contributed by atoms with Crippen LogP contribution in [0, 0.1) is 0 Å². The van der Waals surface area contributed by atoms with Gasteiger partial charge in [-0.3, -0.25) is 4.79 Å². The summed E-state index contributed by atoms with van der Waals surface area (Å²) in [5, 5.41) is 9.08. The minimum Gasteiger partial charge on any atom is -0.494 e. The van der Waals surface area contributed by atoms with Crippen LogP contribution in [0.15, 0.2) is 29.2 Å². The topological polar surface area (TPSA) is 113 Å². The van der Waals surface area contributed by atoms with Gasteiger partial charge < -0.3 is 14.7 Å². The Kier molecular flexibility index (Phi) is 6.38. The van der Waals surface area contributed by atoms with E-state index in [2.05, 4.69) is 4.72 Å². The van der Waals surface area contributed by atoms with Crippen LogP contribution in [0.1, 0.15) is 26.2 Å². The number of sulfonamides is 1. The van der Waals surface area contributed by atoms with Gasteiger partial charge in [0.05, 0.1) is 11.5 Å². The molecule has 1 aliphatic rings. The maximum Gasteiger partial charge on any atom is 0.326 e. The summed E-state index contributed by atoms with van der Waals surface area (Å²) in [4.78, 5) is 24.6. The number of rotatable bonds is 8. The maximum atomic E-state index is 12.2. The van der Waals surface area contributed by atoms with Gasteiger partial charge >= 0.3 is 5.97 Å². The summed E-state index contributed by atoms with van der Waals surface area (Å²) in [5.41, 5.74) is 0. The number of hydrogen-bond acceptors (Lipinski definition) is 5. The van der Waals surface area contributed by atoms with Crippen molar-refractivity contribution in [2.24, 2.45) is 0 Å². The van der Waals surface area contributed by atoms with Crippen LogP contribution in [0.3, 0.4) is 0 Å². The fourth-order valence-corrected chi connectivity index (χ4v) is 3.75. The molecule has 0 unspecified atom stereocenters. The summed E-state index contributed by atoms with van der Waals surface area (Å²) in [7, 11) is -3.73. The van der Waals surface area contributed by atoms with Gasteiger partial charge in [-0.2, -0.15) is 0 Å². The smallest absolute Gasteiger partial charge is 0.326 e. The van der Waals surface area contributed by atoms with Crippen LogP contribution >= 0.6 is 0 Å². The summed E-state index contributed by atoms with van der Waals surface area (Å²) in [6.45, 7) is 2.62. The molecular formula is C16H22N2O6S. The van der Waals surface area contributed by atoms with E-state index in [1.807, 2.05) is 6.92 Å². The van der Waals surface area contributed by atoms with E-state index >= 15 is 0 Å². The zero-order valence-electron chi connectivity index (χ0n) is 14.0. The Morgan fingerprint density at radius 3 is 2.60 bits per heavy atom. The number of nitrogens with one attached hydrogen (secondary N) is 1. The average Bonchev–Trinajstić information content (AvgIpc) is 3.05. The fraction of sp³-hybridized carbons (Fsp3) is 0.500. The largest absolute Gasteiger partial charge is 0.494 e. The highest BCUT2D eigenvalue weighted by atomic mass is 32.2. The molecule has 1 atom stereocenters. The number of carbonyl (C=O) groups excluding carboxylic acids is 1. The van der Waals surface area contributed by atoms with Gasteiger partial charge in [-0.15, -0.1) is 0 Å². The van der Waals surface area contributed by atoms with E-state index in [0.29, 0.717) is 31.7 Å². The van der Waals surface area contributed by atoms with E-state index in [-0.39, 0.29) is 23.8 Å². The third-order valence-electron chi connectivity index (χ3n) is 3.93. The Bertz CT molecular complexity index is 717. The van der Waals surface area contributed by atoms with Crippen LogP contribution in [0.25, 0.3) is 0 Å². The third kappa shape index (κ3) is 4.93. The van der Waals surface area contributed by atoms with Crippen molar-refractivity contribution in [3.63, 3.8) is 0 Å². The Morgan fingerprint density at radius 2 is 2.00 bits per heavy atom. The highest BCUT2D eigenvalue weighted by Crippen LogP contribution is 2.19. The Morgan fingerprint density at radius 1 is 1.32 bits per heavy atom. The van der Waals surface area contributed by atoms with Crippen LogP contribution in [0.4, 0.5) is 0 Å². The number of benzene rings is 1. The first-order valence-corrected chi connectivity index (χ1v) is 9.58. The van der Waals surface area contributed by atoms with E-state index in [9.17, 15) is 18.0 Å². The highest BCUT2D eigenvalue weighted by molar-refractivity contribution is 7.89. The summed E-state index contributed by atoms with van der Waals surface area (Å²) >= 11 is 0. The lowest BCUT2D eigenvalue weighted by Gasteiger charge is -2.21.